The average Bonchev–Trinajstić information content (AvgIpc) is 2.82. The third-order valence-corrected chi connectivity index (χ3v) is 5.84. The molecule has 0 saturated carbocycles. The quantitative estimate of drug-likeness (QED) is 0.566. The Kier molecular flexibility index (Phi) is 6.81. The van der Waals surface area contributed by atoms with E-state index in [2.05, 4.69) is 29.3 Å². The van der Waals surface area contributed by atoms with Crippen LogP contribution in [0.15, 0.2) is 59.7 Å². The molecule has 4 rings (SSSR count). The molecule has 1 saturated heterocycles. The zero-order valence-electron chi connectivity index (χ0n) is 19.0. The minimum Gasteiger partial charge on any atom is -0.494 e. The van der Waals surface area contributed by atoms with Crippen molar-refractivity contribution in [3.63, 3.8) is 0 Å². The minimum atomic E-state index is -0.213. The minimum absolute atomic E-state index is 0.213. The van der Waals surface area contributed by atoms with Crippen LogP contribution in [0.25, 0.3) is 22.2 Å². The molecule has 0 aliphatic carbocycles. The van der Waals surface area contributed by atoms with Crippen LogP contribution in [0.4, 0.5) is 0 Å². The first-order valence-corrected chi connectivity index (χ1v) is 11.3. The smallest absolute Gasteiger partial charge is 0.272 e. The molecular weight excluding hydrogens is 400 g/mol. The van der Waals surface area contributed by atoms with Crippen molar-refractivity contribution in [2.75, 3.05) is 19.7 Å². The first-order valence-electron chi connectivity index (χ1n) is 11.3. The van der Waals surface area contributed by atoms with Gasteiger partial charge in [-0.2, -0.15) is 5.10 Å². The van der Waals surface area contributed by atoms with Crippen LogP contribution >= 0.6 is 0 Å². The predicted octanol–water partition coefficient (Wildman–Crippen LogP) is 4.89. The van der Waals surface area contributed by atoms with E-state index >= 15 is 0 Å². The van der Waals surface area contributed by atoms with Crippen molar-refractivity contribution in [2.24, 2.45) is 5.10 Å². The second-order valence-corrected chi connectivity index (χ2v) is 8.28. The van der Waals surface area contributed by atoms with Gasteiger partial charge in [-0.05, 0) is 57.2 Å². The summed E-state index contributed by atoms with van der Waals surface area (Å²) in [6, 6.07) is 17.9. The molecule has 0 spiro atoms. The van der Waals surface area contributed by atoms with Crippen molar-refractivity contribution in [3.8, 4) is 17.0 Å². The number of piperidine rings is 1. The number of hydrogen-bond acceptors (Lipinski definition) is 5. The normalized spacial score (nSPS) is 14.6. The second-order valence-electron chi connectivity index (χ2n) is 8.28. The molecule has 32 heavy (non-hydrogen) atoms. The Morgan fingerprint density at radius 2 is 1.84 bits per heavy atom. The molecule has 1 aliphatic heterocycles. The number of carbonyl (C=O) groups is 1. The van der Waals surface area contributed by atoms with Crippen LogP contribution in [0.5, 0.6) is 5.75 Å². The molecule has 1 aliphatic rings. The van der Waals surface area contributed by atoms with Gasteiger partial charge in [-0.1, -0.05) is 18.2 Å². The van der Waals surface area contributed by atoms with Gasteiger partial charge < -0.3 is 9.64 Å². The Balaban J connectivity index is 1.59. The number of benzene rings is 2. The zero-order chi connectivity index (χ0) is 22.5. The van der Waals surface area contributed by atoms with Gasteiger partial charge in [-0.3, -0.25) is 4.79 Å². The third-order valence-electron chi connectivity index (χ3n) is 5.84. The highest BCUT2D eigenvalue weighted by Crippen LogP contribution is 2.26. The molecule has 0 bridgehead atoms. The number of hydrazone groups is 1. The van der Waals surface area contributed by atoms with Crippen molar-refractivity contribution in [2.45, 2.75) is 39.7 Å². The van der Waals surface area contributed by atoms with Gasteiger partial charge in [0.05, 0.1) is 23.4 Å². The van der Waals surface area contributed by atoms with Gasteiger partial charge in [0.25, 0.3) is 5.91 Å². The lowest BCUT2D eigenvalue weighted by Crippen LogP contribution is -2.39. The van der Waals surface area contributed by atoms with Crippen LogP contribution in [-0.2, 0) is 0 Å². The number of nitrogens with zero attached hydrogens (tertiary/aromatic N) is 3. The van der Waals surface area contributed by atoms with Gasteiger partial charge in [-0.15, -0.1) is 0 Å². The lowest BCUT2D eigenvalue weighted by Gasteiger charge is -2.30. The summed E-state index contributed by atoms with van der Waals surface area (Å²) in [4.78, 5) is 20.3. The van der Waals surface area contributed by atoms with E-state index < -0.39 is 0 Å². The van der Waals surface area contributed by atoms with Gasteiger partial charge in [0.2, 0.25) is 0 Å². The van der Waals surface area contributed by atoms with E-state index in [-0.39, 0.29) is 5.91 Å². The number of ether oxygens (including phenoxy) is 1. The van der Waals surface area contributed by atoms with Gasteiger partial charge in [0, 0.05) is 48.6 Å². The highest BCUT2D eigenvalue weighted by atomic mass is 16.5. The van der Waals surface area contributed by atoms with Crippen LogP contribution in [0.2, 0.25) is 0 Å². The van der Waals surface area contributed by atoms with Crippen molar-refractivity contribution in [1.29, 1.82) is 0 Å². The van der Waals surface area contributed by atoms with Crippen LogP contribution in [0.1, 0.15) is 44.0 Å². The molecule has 0 unspecified atom stereocenters. The second kappa shape index (κ2) is 9.92. The van der Waals surface area contributed by atoms with Crippen molar-refractivity contribution in [1.82, 2.24) is 15.3 Å². The number of carbonyl (C=O) groups excluding carboxylic acids is 1. The summed E-state index contributed by atoms with van der Waals surface area (Å²) < 4.78 is 5.54. The van der Waals surface area contributed by atoms with Crippen LogP contribution in [0, 0.1) is 0 Å². The van der Waals surface area contributed by atoms with Crippen molar-refractivity contribution in [3.05, 3.63) is 60.2 Å². The summed E-state index contributed by atoms with van der Waals surface area (Å²) >= 11 is 0. The topological polar surface area (TPSA) is 66.8 Å². The van der Waals surface area contributed by atoms with Gasteiger partial charge in [-0.25, -0.2) is 10.4 Å². The van der Waals surface area contributed by atoms with E-state index in [0.717, 1.165) is 59.6 Å². The molecule has 1 aromatic heterocycles. The maximum absolute atomic E-state index is 13.1. The van der Waals surface area contributed by atoms with Gasteiger partial charge in [0.1, 0.15) is 5.75 Å². The number of pyridine rings is 1. The molecule has 1 amide bonds. The average molecular weight is 431 g/mol. The van der Waals surface area contributed by atoms with E-state index in [0.29, 0.717) is 18.2 Å². The fourth-order valence-corrected chi connectivity index (χ4v) is 4.00. The molecule has 2 heterocycles. The molecule has 6 heteroatoms. The van der Waals surface area contributed by atoms with E-state index in [1.165, 1.54) is 0 Å². The highest BCUT2D eigenvalue weighted by Gasteiger charge is 2.18. The highest BCUT2D eigenvalue weighted by molar-refractivity contribution is 6.07. The van der Waals surface area contributed by atoms with Gasteiger partial charge >= 0.3 is 0 Å². The summed E-state index contributed by atoms with van der Waals surface area (Å²) in [5, 5.41) is 5.26. The Bertz CT molecular complexity index is 1110. The number of aromatic nitrogens is 1. The lowest BCUT2D eigenvalue weighted by atomic mass is 10.0. The number of fused-ring (bicyclic) bond motifs is 1. The molecule has 0 radical (unpaired) electrons. The van der Waals surface area contributed by atoms with Crippen molar-refractivity contribution < 1.29 is 9.53 Å². The largest absolute Gasteiger partial charge is 0.494 e. The van der Waals surface area contributed by atoms with Crippen molar-refractivity contribution >= 4 is 22.5 Å². The number of nitrogens with one attached hydrogen (secondary N) is 1. The molecule has 3 aromatic rings. The number of hydrogen-bond donors (Lipinski definition) is 1. The maximum atomic E-state index is 13.1. The first kappa shape index (κ1) is 22.0. The summed E-state index contributed by atoms with van der Waals surface area (Å²) in [6.45, 7) is 8.95. The van der Waals surface area contributed by atoms with E-state index in [1.54, 1.807) is 0 Å². The lowest BCUT2D eigenvalue weighted by molar-refractivity contribution is 0.0956. The first-order chi connectivity index (χ1) is 15.5. The third kappa shape index (κ3) is 4.97. The molecule has 6 nitrogen and oxygen atoms in total. The van der Waals surface area contributed by atoms with Crippen LogP contribution in [0.3, 0.4) is 0 Å². The van der Waals surface area contributed by atoms with E-state index in [4.69, 9.17) is 9.72 Å². The maximum Gasteiger partial charge on any atom is 0.272 e. The number of rotatable bonds is 6. The summed E-state index contributed by atoms with van der Waals surface area (Å²) in [5.74, 6) is 0.601. The van der Waals surface area contributed by atoms with Crippen LogP contribution in [-0.4, -0.2) is 47.2 Å². The molecule has 1 N–H and O–H groups in total. The molecule has 1 fully saturated rings. The zero-order valence-corrected chi connectivity index (χ0v) is 19.0. The predicted molar refractivity (Wildman–Crippen MR) is 129 cm³/mol. The monoisotopic (exact) mass is 430 g/mol. The molecule has 166 valence electrons. The Morgan fingerprint density at radius 1 is 1.12 bits per heavy atom. The summed E-state index contributed by atoms with van der Waals surface area (Å²) in [5.41, 5.74) is 6.86. The van der Waals surface area contributed by atoms with Crippen LogP contribution < -0.4 is 10.2 Å². The summed E-state index contributed by atoms with van der Waals surface area (Å²) in [7, 11) is 0. The standard InChI is InChI=1S/C26H30N4O2/c1-4-32-21-11-9-19(10-12-21)25-17-23(22-7-5-6-8-24(22)27-25)26(31)29-28-20-13-15-30(16-14-20)18(2)3/h5-12,17-18H,4,13-16H2,1-3H3,(H,29,31). The fraction of sp³-hybridized carbons (Fsp3) is 0.346. The Hall–Kier alpha value is -3.25. The summed E-state index contributed by atoms with van der Waals surface area (Å²) in [6.07, 6.45) is 1.76. The Morgan fingerprint density at radius 3 is 2.53 bits per heavy atom. The molecular formula is C26H30N4O2. The number of likely N-dealkylation sites (tertiary alicyclic amines) is 1. The number of para-hydroxylation sites is 1. The van der Waals surface area contributed by atoms with E-state index in [1.807, 2.05) is 61.5 Å². The fourth-order valence-electron chi connectivity index (χ4n) is 4.00. The SMILES string of the molecule is CCOc1ccc(-c2cc(C(=O)NN=C3CCN(C(C)C)CC3)c3ccccc3n2)cc1. The molecule has 0 atom stereocenters. The van der Waals surface area contributed by atoms with Gasteiger partial charge in [0.15, 0.2) is 0 Å². The number of amides is 1. The molecule has 2 aromatic carbocycles. The van der Waals surface area contributed by atoms with E-state index in [9.17, 15) is 4.79 Å². The Labute approximate surface area is 189 Å².